The van der Waals surface area contributed by atoms with Crippen molar-refractivity contribution in [2.45, 2.75) is 19.9 Å². The summed E-state index contributed by atoms with van der Waals surface area (Å²) in [5.41, 5.74) is 3.27. The number of phenolic OH excluding ortho intramolecular Hbond substituents is 2. The molecule has 0 unspecified atom stereocenters. The van der Waals surface area contributed by atoms with Crippen molar-refractivity contribution in [3.05, 3.63) is 50.2 Å². The Hall–Kier alpha value is -3.56. The average Bonchev–Trinajstić information content (AvgIpc) is 2.56. The van der Waals surface area contributed by atoms with Crippen molar-refractivity contribution in [3.8, 4) is 11.5 Å². The lowest BCUT2D eigenvalue weighted by Gasteiger charge is -2.11. The molecule has 138 valence electrons. The number of hydrogen-bond donors (Lipinski definition) is 4. The first kappa shape index (κ1) is 18.8. The van der Waals surface area contributed by atoms with Crippen molar-refractivity contribution in [1.82, 2.24) is 9.55 Å². The molecule has 0 saturated carbocycles. The van der Waals surface area contributed by atoms with Gasteiger partial charge in [-0.05, 0) is 18.6 Å². The number of carbonyl (C=O) groups excluding carboxylic acids is 2. The second-order valence-corrected chi connectivity index (χ2v) is 5.37. The lowest BCUT2D eigenvalue weighted by molar-refractivity contribution is 0.0471. The van der Waals surface area contributed by atoms with Gasteiger partial charge in [-0.1, -0.05) is 6.92 Å². The molecule has 2 aromatic rings. The van der Waals surface area contributed by atoms with Gasteiger partial charge in [-0.3, -0.25) is 19.1 Å². The van der Waals surface area contributed by atoms with Gasteiger partial charge in [0.05, 0.1) is 0 Å². The number of aromatic hydroxyl groups is 2. The molecule has 0 bridgehead atoms. The fraction of sp³-hybridized carbons (Fsp3) is 0.250. The van der Waals surface area contributed by atoms with E-state index in [1.807, 2.05) is 4.98 Å². The van der Waals surface area contributed by atoms with Gasteiger partial charge in [0, 0.05) is 12.6 Å². The summed E-state index contributed by atoms with van der Waals surface area (Å²) in [5.74, 6) is -3.04. The van der Waals surface area contributed by atoms with Gasteiger partial charge in [-0.2, -0.15) is 0 Å². The second kappa shape index (κ2) is 7.55. The lowest BCUT2D eigenvalue weighted by atomic mass is 10.2. The van der Waals surface area contributed by atoms with Crippen LogP contribution in [0.4, 0.5) is 5.82 Å². The van der Waals surface area contributed by atoms with Crippen LogP contribution in [0.2, 0.25) is 0 Å². The van der Waals surface area contributed by atoms with Crippen molar-refractivity contribution < 1.29 is 24.5 Å². The van der Waals surface area contributed by atoms with Crippen molar-refractivity contribution in [2.75, 3.05) is 12.3 Å². The topological polar surface area (TPSA) is 165 Å². The molecule has 1 aromatic carbocycles. The Morgan fingerprint density at radius 2 is 1.96 bits per heavy atom. The van der Waals surface area contributed by atoms with E-state index in [4.69, 9.17) is 10.5 Å². The molecule has 10 nitrogen and oxygen atoms in total. The molecule has 0 saturated heterocycles. The van der Waals surface area contributed by atoms with Gasteiger partial charge in [-0.25, -0.2) is 9.59 Å². The zero-order valence-corrected chi connectivity index (χ0v) is 13.8. The fourth-order valence-electron chi connectivity index (χ4n) is 2.28. The predicted molar refractivity (Wildman–Crippen MR) is 90.4 cm³/mol. The molecule has 5 N–H and O–H groups in total. The van der Waals surface area contributed by atoms with E-state index >= 15 is 0 Å². The summed E-state index contributed by atoms with van der Waals surface area (Å²) in [6.07, 6.45) is 0.541. The van der Waals surface area contributed by atoms with Crippen LogP contribution in [0, 0.1) is 0 Å². The van der Waals surface area contributed by atoms with Crippen LogP contribution < -0.4 is 17.0 Å². The van der Waals surface area contributed by atoms with Gasteiger partial charge < -0.3 is 20.7 Å². The van der Waals surface area contributed by atoms with Crippen LogP contribution in [-0.2, 0) is 11.3 Å². The smallest absolute Gasteiger partial charge is 0.342 e. The molecule has 1 aromatic heterocycles. The summed E-state index contributed by atoms with van der Waals surface area (Å²) in [5, 5.41) is 18.8. The van der Waals surface area contributed by atoms with Crippen LogP contribution in [0.3, 0.4) is 0 Å². The summed E-state index contributed by atoms with van der Waals surface area (Å²) in [6, 6.07) is 3.20. The maximum absolute atomic E-state index is 12.2. The van der Waals surface area contributed by atoms with Gasteiger partial charge in [0.1, 0.15) is 28.4 Å². The maximum atomic E-state index is 12.2. The standard InChI is InChI=1S/C16H17N3O7/c1-2-5-19-13(17)12(14(23)18-16(19)25)11(22)7-26-15(24)9-4-3-8(20)6-10(9)21/h3-4,6,20-21H,2,5,7,17H2,1H3,(H,18,23,25). The highest BCUT2D eigenvalue weighted by Crippen LogP contribution is 2.23. The van der Waals surface area contributed by atoms with E-state index in [9.17, 15) is 29.4 Å². The summed E-state index contributed by atoms with van der Waals surface area (Å²) in [6.45, 7) is 1.16. The third-order valence-electron chi connectivity index (χ3n) is 3.50. The Kier molecular flexibility index (Phi) is 5.45. The highest BCUT2D eigenvalue weighted by atomic mass is 16.5. The van der Waals surface area contributed by atoms with Crippen LogP contribution >= 0.6 is 0 Å². The Labute approximate surface area is 146 Å². The number of carbonyl (C=O) groups is 2. The van der Waals surface area contributed by atoms with Crippen molar-refractivity contribution >= 4 is 17.6 Å². The molecule has 0 radical (unpaired) electrons. The first-order chi connectivity index (χ1) is 12.3. The van der Waals surface area contributed by atoms with Gasteiger partial charge in [0.15, 0.2) is 6.61 Å². The zero-order valence-electron chi connectivity index (χ0n) is 13.8. The zero-order chi connectivity index (χ0) is 19.4. The number of nitrogen functional groups attached to an aromatic ring is 1. The number of nitrogens with two attached hydrogens (primary N) is 1. The normalized spacial score (nSPS) is 10.5. The van der Waals surface area contributed by atoms with E-state index in [-0.39, 0.29) is 23.7 Å². The number of phenols is 2. The first-order valence-corrected chi connectivity index (χ1v) is 7.61. The van der Waals surface area contributed by atoms with Crippen LogP contribution in [-0.4, -0.2) is 38.1 Å². The van der Waals surface area contributed by atoms with Gasteiger partial charge in [0.2, 0.25) is 5.78 Å². The number of Topliss-reactive ketones (excluding diaryl/α,β-unsaturated/α-hetero) is 1. The summed E-state index contributed by atoms with van der Waals surface area (Å²) >= 11 is 0. The average molecular weight is 363 g/mol. The number of anilines is 1. The maximum Gasteiger partial charge on any atom is 0.342 e. The molecule has 0 atom stereocenters. The second-order valence-electron chi connectivity index (χ2n) is 5.37. The Balaban J connectivity index is 2.23. The first-order valence-electron chi connectivity index (χ1n) is 7.61. The van der Waals surface area contributed by atoms with Crippen LogP contribution in [0.25, 0.3) is 0 Å². The Morgan fingerprint density at radius 1 is 1.27 bits per heavy atom. The number of H-pyrrole nitrogens is 1. The SMILES string of the molecule is CCCn1c(N)c(C(=O)COC(=O)c2ccc(O)cc2O)c(=O)[nH]c1=O. The lowest BCUT2D eigenvalue weighted by Crippen LogP contribution is -2.37. The molecule has 2 rings (SSSR count). The molecule has 0 aliphatic carbocycles. The van der Waals surface area contributed by atoms with Crippen molar-refractivity contribution in [3.63, 3.8) is 0 Å². The van der Waals surface area contributed by atoms with Crippen molar-refractivity contribution in [1.29, 1.82) is 0 Å². The monoisotopic (exact) mass is 363 g/mol. The molecule has 0 spiro atoms. The van der Waals surface area contributed by atoms with Crippen LogP contribution in [0.15, 0.2) is 27.8 Å². The molecular formula is C16H17N3O7. The molecule has 0 aliphatic heterocycles. The quantitative estimate of drug-likeness (QED) is 0.410. The third kappa shape index (κ3) is 3.74. The minimum atomic E-state index is -1.03. The van der Waals surface area contributed by atoms with E-state index in [1.54, 1.807) is 6.92 Å². The minimum Gasteiger partial charge on any atom is -0.508 e. The number of rotatable bonds is 6. The van der Waals surface area contributed by atoms with Crippen LogP contribution in [0.1, 0.15) is 34.1 Å². The molecule has 26 heavy (non-hydrogen) atoms. The number of nitrogens with zero attached hydrogens (tertiary/aromatic N) is 1. The minimum absolute atomic E-state index is 0.197. The molecule has 0 aliphatic rings. The Morgan fingerprint density at radius 3 is 2.58 bits per heavy atom. The van der Waals surface area contributed by atoms with E-state index in [1.165, 1.54) is 0 Å². The summed E-state index contributed by atoms with van der Waals surface area (Å²) in [4.78, 5) is 49.8. The van der Waals surface area contributed by atoms with Crippen LogP contribution in [0.5, 0.6) is 11.5 Å². The van der Waals surface area contributed by atoms with E-state index in [0.29, 0.717) is 6.42 Å². The number of esters is 1. The van der Waals surface area contributed by atoms with Gasteiger partial charge in [-0.15, -0.1) is 0 Å². The number of ether oxygens (including phenoxy) is 1. The predicted octanol–water partition coefficient (Wildman–Crippen LogP) is -0.0203. The summed E-state index contributed by atoms with van der Waals surface area (Å²) < 4.78 is 5.82. The number of nitrogens with one attached hydrogen (secondary N) is 1. The highest BCUT2D eigenvalue weighted by molar-refractivity contribution is 6.02. The molecule has 1 heterocycles. The van der Waals surface area contributed by atoms with Gasteiger partial charge >= 0.3 is 11.7 Å². The number of hydrogen-bond acceptors (Lipinski definition) is 8. The van der Waals surface area contributed by atoms with E-state index in [0.717, 1.165) is 22.8 Å². The number of aromatic amines is 1. The molecule has 0 amide bonds. The molecule has 10 heteroatoms. The van der Waals surface area contributed by atoms with Crippen molar-refractivity contribution in [2.24, 2.45) is 0 Å². The number of ketones is 1. The van der Waals surface area contributed by atoms with Gasteiger partial charge in [0.25, 0.3) is 5.56 Å². The largest absolute Gasteiger partial charge is 0.508 e. The molecule has 0 fully saturated rings. The fourth-order valence-corrected chi connectivity index (χ4v) is 2.28. The summed E-state index contributed by atoms with van der Waals surface area (Å²) in [7, 11) is 0. The number of benzene rings is 1. The highest BCUT2D eigenvalue weighted by Gasteiger charge is 2.21. The number of aromatic nitrogens is 2. The third-order valence-corrected chi connectivity index (χ3v) is 3.50. The molecular weight excluding hydrogens is 346 g/mol. The van der Waals surface area contributed by atoms with E-state index in [2.05, 4.69) is 0 Å². The Bertz CT molecular complexity index is 975. The van der Waals surface area contributed by atoms with E-state index < -0.39 is 40.9 Å².